The summed E-state index contributed by atoms with van der Waals surface area (Å²) < 4.78 is 48.0. The van der Waals surface area contributed by atoms with Crippen molar-refractivity contribution in [2.45, 2.75) is 19.6 Å². The van der Waals surface area contributed by atoms with Gasteiger partial charge in [0.1, 0.15) is 5.82 Å². The summed E-state index contributed by atoms with van der Waals surface area (Å²) in [5, 5.41) is 7.30. The number of methoxy groups -OCH3 is 1. The summed E-state index contributed by atoms with van der Waals surface area (Å²) in [7, 11) is 3.03. The highest BCUT2D eigenvalue weighted by molar-refractivity contribution is 14.0. The Morgan fingerprint density at radius 1 is 1.13 bits per heavy atom. The number of hydrogen-bond acceptors (Lipinski definition) is 3. The molecule has 0 bridgehead atoms. The van der Waals surface area contributed by atoms with Gasteiger partial charge in [-0.15, -0.1) is 24.0 Å². The van der Waals surface area contributed by atoms with Crippen molar-refractivity contribution in [2.24, 2.45) is 4.99 Å². The molecular formula is C21H24F3IN4O2. The van der Waals surface area contributed by atoms with Crippen molar-refractivity contribution in [3.8, 4) is 11.5 Å². The van der Waals surface area contributed by atoms with Gasteiger partial charge in [0.15, 0.2) is 17.5 Å². The third-order valence-corrected chi connectivity index (χ3v) is 4.54. The fourth-order valence-electron chi connectivity index (χ4n) is 3.11. The summed E-state index contributed by atoms with van der Waals surface area (Å²) in [6.07, 6.45) is 2.57. The second kappa shape index (κ2) is 11.7. The molecule has 0 aliphatic rings. The molecule has 10 heteroatoms. The van der Waals surface area contributed by atoms with Crippen LogP contribution in [-0.4, -0.2) is 38.3 Å². The fourth-order valence-corrected chi connectivity index (χ4v) is 3.11. The minimum Gasteiger partial charge on any atom is -0.493 e. The lowest BCUT2D eigenvalue weighted by atomic mass is 10.1. The molecule has 1 aromatic heterocycles. The van der Waals surface area contributed by atoms with Gasteiger partial charge in [-0.05, 0) is 47.9 Å². The summed E-state index contributed by atoms with van der Waals surface area (Å²) in [4.78, 5) is 7.23. The normalized spacial score (nSPS) is 11.4. The highest BCUT2D eigenvalue weighted by Gasteiger charge is 2.11. The lowest BCUT2D eigenvalue weighted by Crippen LogP contribution is -2.37. The van der Waals surface area contributed by atoms with E-state index in [1.165, 1.54) is 25.3 Å². The number of rotatable bonds is 8. The van der Waals surface area contributed by atoms with E-state index < -0.39 is 6.61 Å². The minimum absolute atomic E-state index is 0. The number of ether oxygens (including phenoxy) is 2. The lowest BCUT2D eigenvalue weighted by Gasteiger charge is -2.14. The molecule has 31 heavy (non-hydrogen) atoms. The number of benzene rings is 2. The van der Waals surface area contributed by atoms with Gasteiger partial charge in [0.25, 0.3) is 0 Å². The molecule has 0 atom stereocenters. The van der Waals surface area contributed by atoms with E-state index in [2.05, 4.69) is 25.3 Å². The van der Waals surface area contributed by atoms with E-state index in [9.17, 15) is 13.2 Å². The van der Waals surface area contributed by atoms with Crippen molar-refractivity contribution >= 4 is 40.8 Å². The standard InChI is InChI=1S/C21H23F3N4O2.HI/c1-25-21(26-8-7-14-12-27-17-10-15(22)4-5-16(14)17)28-11-13-3-6-18(29-2)19(9-13)30-20(23)24;/h3-6,9-10,12,20,27H,7-8,11H2,1-2H3,(H2,25,26,28);1H. The van der Waals surface area contributed by atoms with Crippen LogP contribution in [0.25, 0.3) is 10.9 Å². The lowest BCUT2D eigenvalue weighted by molar-refractivity contribution is -0.0512. The summed E-state index contributed by atoms with van der Waals surface area (Å²) in [6.45, 7) is -1.97. The summed E-state index contributed by atoms with van der Waals surface area (Å²) in [6, 6.07) is 9.48. The van der Waals surface area contributed by atoms with Crippen LogP contribution in [0.4, 0.5) is 13.2 Å². The minimum atomic E-state index is -2.93. The van der Waals surface area contributed by atoms with Crippen LogP contribution in [0.2, 0.25) is 0 Å². The third kappa shape index (κ3) is 6.68. The maximum Gasteiger partial charge on any atom is 0.387 e. The second-order valence-corrected chi connectivity index (χ2v) is 6.47. The number of H-pyrrole nitrogens is 1. The van der Waals surface area contributed by atoms with Crippen LogP contribution in [0.15, 0.2) is 47.6 Å². The molecule has 0 fully saturated rings. The average molecular weight is 548 g/mol. The first kappa shape index (κ1) is 24.6. The zero-order valence-corrected chi connectivity index (χ0v) is 19.4. The molecule has 168 valence electrons. The van der Waals surface area contributed by atoms with Crippen molar-refractivity contribution in [2.75, 3.05) is 20.7 Å². The molecule has 0 saturated heterocycles. The first-order chi connectivity index (χ1) is 14.5. The Balaban J connectivity index is 0.00000341. The van der Waals surface area contributed by atoms with Crippen molar-refractivity contribution in [1.29, 1.82) is 0 Å². The van der Waals surface area contributed by atoms with Gasteiger partial charge in [0, 0.05) is 37.2 Å². The van der Waals surface area contributed by atoms with Crippen molar-refractivity contribution in [1.82, 2.24) is 15.6 Å². The molecule has 3 aromatic rings. The highest BCUT2D eigenvalue weighted by Crippen LogP contribution is 2.29. The number of nitrogens with one attached hydrogen (secondary N) is 3. The predicted molar refractivity (Wildman–Crippen MR) is 125 cm³/mol. The Kier molecular flexibility index (Phi) is 9.28. The average Bonchev–Trinajstić information content (AvgIpc) is 3.12. The molecule has 3 N–H and O–H groups in total. The molecule has 1 heterocycles. The Bertz CT molecular complexity index is 1030. The van der Waals surface area contributed by atoms with Gasteiger partial charge >= 0.3 is 6.61 Å². The molecular weight excluding hydrogens is 524 g/mol. The largest absolute Gasteiger partial charge is 0.493 e. The van der Waals surface area contributed by atoms with Crippen LogP contribution < -0.4 is 20.1 Å². The molecule has 0 saturated carbocycles. The number of aromatic amines is 1. The van der Waals surface area contributed by atoms with E-state index in [0.29, 0.717) is 25.5 Å². The van der Waals surface area contributed by atoms with E-state index in [0.717, 1.165) is 22.0 Å². The number of nitrogens with zero attached hydrogens (tertiary/aromatic N) is 1. The quantitative estimate of drug-likeness (QED) is 0.221. The summed E-state index contributed by atoms with van der Waals surface area (Å²) in [5.74, 6) is 0.498. The van der Waals surface area contributed by atoms with Gasteiger partial charge in [0.2, 0.25) is 0 Å². The predicted octanol–water partition coefficient (Wildman–Crippen LogP) is 4.44. The summed E-state index contributed by atoms with van der Waals surface area (Å²) in [5.41, 5.74) is 2.55. The fraction of sp³-hybridized carbons (Fsp3) is 0.286. The number of aliphatic imine (C=N–C) groups is 1. The molecule has 0 spiro atoms. The van der Waals surface area contributed by atoms with E-state index in [1.54, 1.807) is 25.2 Å². The topological polar surface area (TPSA) is 70.7 Å². The molecule has 3 rings (SSSR count). The Hall–Kier alpha value is -2.63. The second-order valence-electron chi connectivity index (χ2n) is 6.47. The van der Waals surface area contributed by atoms with Gasteiger partial charge in [-0.25, -0.2) is 4.39 Å². The molecule has 0 aliphatic carbocycles. The zero-order chi connectivity index (χ0) is 21.5. The molecule has 2 aromatic carbocycles. The van der Waals surface area contributed by atoms with E-state index in [1.807, 2.05) is 6.20 Å². The van der Waals surface area contributed by atoms with Crippen LogP contribution in [-0.2, 0) is 13.0 Å². The van der Waals surface area contributed by atoms with Crippen molar-refractivity contribution < 1.29 is 22.6 Å². The number of aromatic nitrogens is 1. The first-order valence-corrected chi connectivity index (χ1v) is 9.32. The number of halogens is 4. The van der Waals surface area contributed by atoms with Crippen molar-refractivity contribution in [3.63, 3.8) is 0 Å². The summed E-state index contributed by atoms with van der Waals surface area (Å²) >= 11 is 0. The first-order valence-electron chi connectivity index (χ1n) is 9.32. The maximum atomic E-state index is 13.3. The third-order valence-electron chi connectivity index (χ3n) is 4.54. The van der Waals surface area contributed by atoms with Crippen LogP contribution in [0, 0.1) is 5.82 Å². The van der Waals surface area contributed by atoms with Crippen LogP contribution in [0.5, 0.6) is 11.5 Å². The molecule has 0 unspecified atom stereocenters. The Morgan fingerprint density at radius 3 is 2.65 bits per heavy atom. The van der Waals surface area contributed by atoms with E-state index >= 15 is 0 Å². The van der Waals surface area contributed by atoms with Gasteiger partial charge in [-0.2, -0.15) is 8.78 Å². The number of guanidine groups is 1. The van der Waals surface area contributed by atoms with Crippen LogP contribution in [0.3, 0.4) is 0 Å². The Labute approximate surface area is 195 Å². The highest BCUT2D eigenvalue weighted by atomic mass is 127. The molecule has 0 amide bonds. The maximum absolute atomic E-state index is 13.3. The van der Waals surface area contributed by atoms with Gasteiger partial charge in [0.05, 0.1) is 7.11 Å². The number of fused-ring (bicyclic) bond motifs is 1. The van der Waals surface area contributed by atoms with Gasteiger partial charge in [-0.1, -0.05) is 6.07 Å². The van der Waals surface area contributed by atoms with Crippen LogP contribution in [0.1, 0.15) is 11.1 Å². The number of alkyl halides is 2. The van der Waals surface area contributed by atoms with E-state index in [-0.39, 0.29) is 41.3 Å². The monoisotopic (exact) mass is 548 g/mol. The van der Waals surface area contributed by atoms with Crippen molar-refractivity contribution in [3.05, 3.63) is 59.5 Å². The molecule has 0 radical (unpaired) electrons. The molecule has 6 nitrogen and oxygen atoms in total. The molecule has 0 aliphatic heterocycles. The Morgan fingerprint density at radius 2 is 1.94 bits per heavy atom. The van der Waals surface area contributed by atoms with Crippen LogP contribution >= 0.6 is 24.0 Å². The number of hydrogen-bond donors (Lipinski definition) is 3. The van der Waals surface area contributed by atoms with E-state index in [4.69, 9.17) is 4.74 Å². The van der Waals surface area contributed by atoms with Gasteiger partial charge < -0.3 is 25.1 Å². The smallest absolute Gasteiger partial charge is 0.387 e. The van der Waals surface area contributed by atoms with Gasteiger partial charge in [-0.3, -0.25) is 4.99 Å². The zero-order valence-electron chi connectivity index (χ0n) is 17.0. The SMILES string of the molecule is CN=C(NCCc1c[nH]c2cc(F)ccc12)NCc1ccc(OC)c(OC(F)F)c1.I.